The van der Waals surface area contributed by atoms with Gasteiger partial charge in [0.2, 0.25) is 0 Å². The monoisotopic (exact) mass is 298 g/mol. The summed E-state index contributed by atoms with van der Waals surface area (Å²) >= 11 is 0. The Bertz CT molecular complexity index is 578. The first-order chi connectivity index (χ1) is 10.7. The summed E-state index contributed by atoms with van der Waals surface area (Å²) in [4.78, 5) is 2.57. The molecule has 1 aromatic carbocycles. The van der Waals surface area contributed by atoms with Gasteiger partial charge in [0.05, 0.1) is 5.69 Å². The number of piperidine rings is 1. The summed E-state index contributed by atoms with van der Waals surface area (Å²) in [6.45, 7) is 6.62. The van der Waals surface area contributed by atoms with Gasteiger partial charge in [-0.05, 0) is 24.0 Å². The second kappa shape index (κ2) is 7.07. The van der Waals surface area contributed by atoms with Crippen molar-refractivity contribution in [3.05, 3.63) is 53.9 Å². The minimum absolute atomic E-state index is 0.558. The molecule has 0 unspecified atom stereocenters. The first-order valence-electron chi connectivity index (χ1n) is 8.17. The van der Waals surface area contributed by atoms with Gasteiger partial charge in [-0.3, -0.25) is 9.58 Å². The van der Waals surface area contributed by atoms with Gasteiger partial charge in [-0.15, -0.1) is 0 Å². The highest BCUT2D eigenvalue weighted by Gasteiger charge is 2.24. The van der Waals surface area contributed by atoms with Crippen LogP contribution < -0.4 is 5.32 Å². The van der Waals surface area contributed by atoms with Gasteiger partial charge in [0, 0.05) is 45.5 Å². The number of hydrogen-bond acceptors (Lipinski definition) is 3. The molecule has 1 aromatic heterocycles. The summed E-state index contributed by atoms with van der Waals surface area (Å²) in [6.07, 6.45) is 3.12. The van der Waals surface area contributed by atoms with E-state index in [9.17, 15) is 0 Å². The normalized spacial score (nSPS) is 22.8. The van der Waals surface area contributed by atoms with E-state index in [-0.39, 0.29) is 0 Å². The lowest BCUT2D eigenvalue weighted by atomic mass is 9.95. The Labute approximate surface area is 133 Å². The van der Waals surface area contributed by atoms with Gasteiger partial charge in [0.25, 0.3) is 0 Å². The minimum atomic E-state index is 0.558. The summed E-state index contributed by atoms with van der Waals surface area (Å²) < 4.78 is 1.95. The smallest absolute Gasteiger partial charge is 0.0518 e. The number of aryl methyl sites for hydroxylation is 1. The maximum Gasteiger partial charge on any atom is 0.0518 e. The second-order valence-corrected chi connectivity index (χ2v) is 6.54. The van der Waals surface area contributed by atoms with Crippen LogP contribution in [-0.4, -0.2) is 33.8 Å². The van der Waals surface area contributed by atoms with Gasteiger partial charge >= 0.3 is 0 Å². The number of hydrogen-bond donors (Lipinski definition) is 1. The Morgan fingerprint density at radius 3 is 2.73 bits per heavy atom. The van der Waals surface area contributed by atoms with Crippen molar-refractivity contribution in [1.82, 2.24) is 20.0 Å². The zero-order valence-electron chi connectivity index (χ0n) is 13.6. The Hall–Kier alpha value is -1.65. The molecule has 0 radical (unpaired) electrons. The Balaban J connectivity index is 1.55. The van der Waals surface area contributed by atoms with E-state index in [1.165, 1.54) is 24.2 Å². The molecule has 0 aliphatic carbocycles. The number of aromatic nitrogens is 2. The molecule has 2 heterocycles. The van der Waals surface area contributed by atoms with Gasteiger partial charge < -0.3 is 5.32 Å². The summed E-state index contributed by atoms with van der Waals surface area (Å²) in [6, 6.07) is 13.4. The number of rotatable bonds is 5. The minimum Gasteiger partial charge on any atom is -0.307 e. The average molecular weight is 298 g/mol. The van der Waals surface area contributed by atoms with Gasteiger partial charge in [0.15, 0.2) is 0 Å². The molecular formula is C18H26N4. The fourth-order valence-corrected chi connectivity index (χ4v) is 3.40. The van der Waals surface area contributed by atoms with Crippen molar-refractivity contribution >= 4 is 0 Å². The summed E-state index contributed by atoms with van der Waals surface area (Å²) in [7, 11) is 2.00. The van der Waals surface area contributed by atoms with Crippen LogP contribution in [0.2, 0.25) is 0 Å². The standard InChI is InChI=1S/C18H26N4/c1-15-10-17(19-11-18-8-9-20-21(18)2)14-22(12-15)13-16-6-4-3-5-7-16/h3-9,15,17,19H,10-14H2,1-2H3/t15-,17-/m1/s1. The molecule has 1 fully saturated rings. The summed E-state index contributed by atoms with van der Waals surface area (Å²) in [5, 5.41) is 7.94. The average Bonchev–Trinajstić information content (AvgIpc) is 2.91. The molecule has 22 heavy (non-hydrogen) atoms. The molecule has 0 amide bonds. The van der Waals surface area contributed by atoms with Crippen LogP contribution >= 0.6 is 0 Å². The molecule has 0 saturated carbocycles. The topological polar surface area (TPSA) is 33.1 Å². The molecule has 4 heteroatoms. The Morgan fingerprint density at radius 2 is 2.00 bits per heavy atom. The molecule has 1 aliphatic heterocycles. The van der Waals surface area contributed by atoms with Gasteiger partial charge in [-0.2, -0.15) is 5.10 Å². The van der Waals surface area contributed by atoms with Crippen LogP contribution in [0.5, 0.6) is 0 Å². The SMILES string of the molecule is C[C@@H]1C[C@@H](NCc2ccnn2C)CN(Cc2ccccc2)C1. The van der Waals surface area contributed by atoms with E-state index in [2.05, 4.69) is 58.6 Å². The first-order valence-corrected chi connectivity index (χ1v) is 8.17. The zero-order valence-corrected chi connectivity index (χ0v) is 13.6. The van der Waals surface area contributed by atoms with E-state index < -0.39 is 0 Å². The first kappa shape index (κ1) is 15.3. The number of likely N-dealkylation sites (tertiary alicyclic amines) is 1. The fraction of sp³-hybridized carbons (Fsp3) is 0.500. The summed E-state index contributed by atoms with van der Waals surface area (Å²) in [5.41, 5.74) is 2.65. The predicted octanol–water partition coefficient (Wildman–Crippen LogP) is 2.42. The number of nitrogens with one attached hydrogen (secondary N) is 1. The molecule has 2 aromatic rings. The van der Waals surface area contributed by atoms with Gasteiger partial charge in [-0.1, -0.05) is 37.3 Å². The predicted molar refractivity (Wildman–Crippen MR) is 89.3 cm³/mol. The van der Waals surface area contributed by atoms with Crippen molar-refractivity contribution in [2.24, 2.45) is 13.0 Å². The van der Waals surface area contributed by atoms with E-state index in [0.29, 0.717) is 6.04 Å². The highest BCUT2D eigenvalue weighted by molar-refractivity contribution is 5.14. The zero-order chi connectivity index (χ0) is 15.4. The molecule has 0 bridgehead atoms. The largest absolute Gasteiger partial charge is 0.307 e. The highest BCUT2D eigenvalue weighted by Crippen LogP contribution is 2.19. The maximum atomic E-state index is 4.23. The van der Waals surface area contributed by atoms with Crippen molar-refractivity contribution in [3.8, 4) is 0 Å². The van der Waals surface area contributed by atoms with E-state index in [1.54, 1.807) is 0 Å². The van der Waals surface area contributed by atoms with Gasteiger partial charge in [0.1, 0.15) is 0 Å². The Kier molecular flexibility index (Phi) is 4.90. The van der Waals surface area contributed by atoms with Crippen molar-refractivity contribution in [3.63, 3.8) is 0 Å². The molecule has 1 N–H and O–H groups in total. The van der Waals surface area contributed by atoms with E-state index in [1.807, 2.05) is 17.9 Å². The van der Waals surface area contributed by atoms with Crippen molar-refractivity contribution in [2.45, 2.75) is 32.5 Å². The van der Waals surface area contributed by atoms with Crippen molar-refractivity contribution in [1.29, 1.82) is 0 Å². The number of nitrogens with zero attached hydrogens (tertiary/aromatic N) is 3. The molecule has 0 spiro atoms. The van der Waals surface area contributed by atoms with Crippen LogP contribution in [0.25, 0.3) is 0 Å². The van der Waals surface area contributed by atoms with Crippen LogP contribution in [-0.2, 0) is 20.1 Å². The van der Waals surface area contributed by atoms with Crippen LogP contribution in [0, 0.1) is 5.92 Å². The third kappa shape index (κ3) is 3.96. The lowest BCUT2D eigenvalue weighted by Gasteiger charge is -2.37. The number of benzene rings is 1. The lowest BCUT2D eigenvalue weighted by Crippen LogP contribution is -2.48. The molecule has 4 nitrogen and oxygen atoms in total. The van der Waals surface area contributed by atoms with E-state index in [0.717, 1.165) is 25.6 Å². The van der Waals surface area contributed by atoms with Crippen molar-refractivity contribution < 1.29 is 0 Å². The molecular weight excluding hydrogens is 272 g/mol. The summed E-state index contributed by atoms with van der Waals surface area (Å²) in [5.74, 6) is 0.737. The molecule has 118 valence electrons. The molecule has 1 aliphatic rings. The maximum absolute atomic E-state index is 4.23. The quantitative estimate of drug-likeness (QED) is 0.920. The highest BCUT2D eigenvalue weighted by atomic mass is 15.3. The Morgan fingerprint density at radius 1 is 1.18 bits per heavy atom. The molecule has 1 saturated heterocycles. The second-order valence-electron chi connectivity index (χ2n) is 6.54. The van der Waals surface area contributed by atoms with Crippen LogP contribution in [0.1, 0.15) is 24.6 Å². The van der Waals surface area contributed by atoms with Crippen molar-refractivity contribution in [2.75, 3.05) is 13.1 Å². The lowest BCUT2D eigenvalue weighted by molar-refractivity contribution is 0.141. The van der Waals surface area contributed by atoms with Gasteiger partial charge in [-0.25, -0.2) is 0 Å². The molecule has 2 atom stereocenters. The fourth-order valence-electron chi connectivity index (χ4n) is 3.40. The third-order valence-electron chi connectivity index (χ3n) is 4.48. The van der Waals surface area contributed by atoms with Crippen LogP contribution in [0.4, 0.5) is 0 Å². The van der Waals surface area contributed by atoms with Crippen LogP contribution in [0.15, 0.2) is 42.6 Å². The molecule has 3 rings (SSSR count). The third-order valence-corrected chi connectivity index (χ3v) is 4.48. The van der Waals surface area contributed by atoms with E-state index in [4.69, 9.17) is 0 Å². The van der Waals surface area contributed by atoms with E-state index >= 15 is 0 Å². The van der Waals surface area contributed by atoms with Crippen LogP contribution in [0.3, 0.4) is 0 Å².